The average molecular weight is 180 g/mol. The maximum atomic E-state index is 9.72. The van der Waals surface area contributed by atoms with E-state index < -0.39 is 0 Å². The summed E-state index contributed by atoms with van der Waals surface area (Å²) in [6, 6.07) is 2.28. The Labute approximate surface area is 78.4 Å². The molecule has 0 bridgehead atoms. The molecular weight excluding hydrogens is 164 g/mol. The molecule has 0 saturated heterocycles. The van der Waals surface area contributed by atoms with Gasteiger partial charge in [0.2, 0.25) is 0 Å². The lowest BCUT2D eigenvalue weighted by Gasteiger charge is -2.16. The summed E-state index contributed by atoms with van der Waals surface area (Å²) in [6.45, 7) is 4.04. The topological polar surface area (TPSA) is 38.0 Å². The van der Waals surface area contributed by atoms with Gasteiger partial charge in [0.25, 0.3) is 0 Å². The van der Waals surface area contributed by atoms with Crippen LogP contribution in [-0.2, 0) is 0 Å². The second kappa shape index (κ2) is 3.14. The van der Waals surface area contributed by atoms with Crippen molar-refractivity contribution >= 4 is 0 Å². The highest BCUT2D eigenvalue weighted by molar-refractivity contribution is 5.08. The van der Waals surface area contributed by atoms with Crippen LogP contribution in [0.15, 0.2) is 6.07 Å². The molecular formula is C10H16N2O. The Morgan fingerprint density at radius 3 is 2.69 bits per heavy atom. The van der Waals surface area contributed by atoms with Gasteiger partial charge in [-0.05, 0) is 39.2 Å². The molecule has 13 heavy (non-hydrogen) atoms. The van der Waals surface area contributed by atoms with Crippen LogP contribution < -0.4 is 0 Å². The van der Waals surface area contributed by atoms with Crippen LogP contribution in [0.4, 0.5) is 0 Å². The number of aromatic nitrogens is 2. The minimum atomic E-state index is -0.196. The van der Waals surface area contributed by atoms with E-state index in [1.54, 1.807) is 0 Å². The molecule has 0 spiro atoms. The van der Waals surface area contributed by atoms with E-state index in [2.05, 4.69) is 11.2 Å². The van der Waals surface area contributed by atoms with Crippen molar-refractivity contribution in [2.45, 2.75) is 45.3 Å². The largest absolute Gasteiger partial charge is 0.391 e. The molecule has 0 radical (unpaired) electrons. The van der Waals surface area contributed by atoms with Crippen LogP contribution in [0, 0.1) is 13.8 Å². The van der Waals surface area contributed by atoms with E-state index in [9.17, 15) is 5.11 Å². The standard InChI is InChI=1S/C10H16N2O/c1-7-6-8(2)12(11-7)9-4-3-5-10(9)13/h6,9-10,13H,3-5H2,1-2H3/t9-,10-/m1/s1. The number of nitrogens with zero attached hydrogens (tertiary/aromatic N) is 2. The fourth-order valence-corrected chi connectivity index (χ4v) is 2.19. The lowest BCUT2D eigenvalue weighted by Crippen LogP contribution is -2.20. The first-order chi connectivity index (χ1) is 6.18. The molecule has 1 N–H and O–H groups in total. The van der Waals surface area contributed by atoms with Crippen LogP contribution in [0.1, 0.15) is 36.7 Å². The quantitative estimate of drug-likeness (QED) is 0.712. The number of rotatable bonds is 1. The normalized spacial score (nSPS) is 28.2. The molecule has 2 atom stereocenters. The predicted molar refractivity (Wildman–Crippen MR) is 50.6 cm³/mol. The van der Waals surface area contributed by atoms with Crippen LogP contribution in [0.2, 0.25) is 0 Å². The highest BCUT2D eigenvalue weighted by Crippen LogP contribution is 2.30. The number of aliphatic hydroxyl groups excluding tert-OH is 1. The van der Waals surface area contributed by atoms with Crippen molar-refractivity contribution in [2.24, 2.45) is 0 Å². The fraction of sp³-hybridized carbons (Fsp3) is 0.700. The zero-order valence-corrected chi connectivity index (χ0v) is 8.20. The molecule has 1 aromatic heterocycles. The number of hydrogen-bond donors (Lipinski definition) is 1. The fourth-order valence-electron chi connectivity index (χ4n) is 2.19. The van der Waals surface area contributed by atoms with Crippen molar-refractivity contribution in [3.05, 3.63) is 17.5 Å². The van der Waals surface area contributed by atoms with Gasteiger partial charge in [-0.25, -0.2) is 0 Å². The van der Waals surface area contributed by atoms with Gasteiger partial charge < -0.3 is 5.11 Å². The molecule has 1 aliphatic carbocycles. The van der Waals surface area contributed by atoms with Crippen molar-refractivity contribution in [3.8, 4) is 0 Å². The number of aryl methyl sites for hydroxylation is 2. The summed E-state index contributed by atoms with van der Waals surface area (Å²) < 4.78 is 1.98. The highest BCUT2D eigenvalue weighted by atomic mass is 16.3. The molecule has 1 aromatic rings. The van der Waals surface area contributed by atoms with E-state index >= 15 is 0 Å². The zero-order valence-electron chi connectivity index (χ0n) is 8.20. The average Bonchev–Trinajstić information content (AvgIpc) is 2.58. The van der Waals surface area contributed by atoms with Gasteiger partial charge >= 0.3 is 0 Å². The Kier molecular flexibility index (Phi) is 2.12. The molecule has 1 heterocycles. The number of hydrogen-bond acceptors (Lipinski definition) is 2. The summed E-state index contributed by atoms with van der Waals surface area (Å²) in [6.07, 6.45) is 2.90. The lowest BCUT2D eigenvalue weighted by atomic mass is 10.2. The summed E-state index contributed by atoms with van der Waals surface area (Å²) in [4.78, 5) is 0. The van der Waals surface area contributed by atoms with E-state index in [1.807, 2.05) is 18.5 Å². The third-order valence-corrected chi connectivity index (χ3v) is 2.80. The van der Waals surface area contributed by atoms with Crippen molar-refractivity contribution in [3.63, 3.8) is 0 Å². The summed E-state index contributed by atoms with van der Waals surface area (Å²) in [5.41, 5.74) is 2.19. The molecule has 1 saturated carbocycles. The van der Waals surface area contributed by atoms with E-state index in [0.717, 1.165) is 30.7 Å². The first-order valence-corrected chi connectivity index (χ1v) is 4.89. The molecule has 0 aromatic carbocycles. The predicted octanol–water partition coefficient (Wildman–Crippen LogP) is 1.59. The van der Waals surface area contributed by atoms with Crippen molar-refractivity contribution in [1.82, 2.24) is 9.78 Å². The second-order valence-corrected chi connectivity index (χ2v) is 3.94. The SMILES string of the molecule is Cc1cc(C)n([C@@H]2CCC[C@H]2O)n1. The van der Waals surface area contributed by atoms with E-state index in [-0.39, 0.29) is 12.1 Å². The summed E-state index contributed by atoms with van der Waals surface area (Å²) in [5, 5.41) is 14.1. The molecule has 2 rings (SSSR count). The Hall–Kier alpha value is -0.830. The first kappa shape index (κ1) is 8.75. The summed E-state index contributed by atoms with van der Waals surface area (Å²) >= 11 is 0. The van der Waals surface area contributed by atoms with Crippen LogP contribution in [-0.4, -0.2) is 21.0 Å². The van der Waals surface area contributed by atoms with Gasteiger partial charge in [-0.15, -0.1) is 0 Å². The Bertz CT molecular complexity index is 306. The minimum Gasteiger partial charge on any atom is -0.391 e. The van der Waals surface area contributed by atoms with Crippen molar-refractivity contribution < 1.29 is 5.11 Å². The van der Waals surface area contributed by atoms with E-state index in [1.165, 1.54) is 0 Å². The summed E-state index contributed by atoms with van der Waals surface area (Å²) in [7, 11) is 0. The van der Waals surface area contributed by atoms with Crippen LogP contribution in [0.5, 0.6) is 0 Å². The van der Waals surface area contributed by atoms with Gasteiger partial charge in [-0.2, -0.15) is 5.10 Å². The molecule has 0 unspecified atom stereocenters. The molecule has 0 aliphatic heterocycles. The van der Waals surface area contributed by atoms with Crippen LogP contribution >= 0.6 is 0 Å². The highest BCUT2D eigenvalue weighted by Gasteiger charge is 2.28. The third-order valence-electron chi connectivity index (χ3n) is 2.80. The lowest BCUT2D eigenvalue weighted by molar-refractivity contribution is 0.129. The van der Waals surface area contributed by atoms with Crippen LogP contribution in [0.25, 0.3) is 0 Å². The van der Waals surface area contributed by atoms with Crippen molar-refractivity contribution in [1.29, 1.82) is 0 Å². The van der Waals surface area contributed by atoms with Gasteiger partial charge in [0, 0.05) is 5.69 Å². The molecule has 3 heteroatoms. The zero-order chi connectivity index (χ0) is 9.42. The molecule has 0 amide bonds. The second-order valence-electron chi connectivity index (χ2n) is 3.94. The van der Waals surface area contributed by atoms with E-state index in [4.69, 9.17) is 0 Å². The molecule has 3 nitrogen and oxygen atoms in total. The third kappa shape index (κ3) is 1.48. The maximum Gasteiger partial charge on any atom is 0.0781 e. The number of aliphatic hydroxyl groups is 1. The molecule has 1 aliphatic rings. The smallest absolute Gasteiger partial charge is 0.0781 e. The van der Waals surface area contributed by atoms with Crippen LogP contribution in [0.3, 0.4) is 0 Å². The van der Waals surface area contributed by atoms with Gasteiger partial charge in [0.15, 0.2) is 0 Å². The minimum absolute atomic E-state index is 0.196. The first-order valence-electron chi connectivity index (χ1n) is 4.89. The van der Waals surface area contributed by atoms with Crippen molar-refractivity contribution in [2.75, 3.05) is 0 Å². The monoisotopic (exact) mass is 180 g/mol. The van der Waals surface area contributed by atoms with E-state index in [0.29, 0.717) is 0 Å². The molecule has 72 valence electrons. The van der Waals surface area contributed by atoms with Gasteiger partial charge in [0.05, 0.1) is 17.8 Å². The summed E-state index contributed by atoms with van der Waals surface area (Å²) in [5.74, 6) is 0. The van der Waals surface area contributed by atoms with Gasteiger partial charge in [0.1, 0.15) is 0 Å². The Balaban J connectivity index is 2.28. The Morgan fingerprint density at radius 2 is 2.23 bits per heavy atom. The van der Waals surface area contributed by atoms with Gasteiger partial charge in [-0.1, -0.05) is 0 Å². The van der Waals surface area contributed by atoms with Gasteiger partial charge in [-0.3, -0.25) is 4.68 Å². The Morgan fingerprint density at radius 1 is 1.46 bits per heavy atom. The maximum absolute atomic E-state index is 9.72. The molecule has 1 fully saturated rings.